The SMILES string of the molecule is CC1CCN(c2ccc([C@@H](C)NC(=O)[C@@H]3CCCN(S(=O)(=O)c4ccccc4)C3)cc2)CC1. The summed E-state index contributed by atoms with van der Waals surface area (Å²) < 4.78 is 27.4. The number of nitrogens with zero attached hydrogens (tertiary/aromatic N) is 2. The molecule has 2 fully saturated rings. The van der Waals surface area contributed by atoms with Gasteiger partial charge in [-0.3, -0.25) is 4.79 Å². The van der Waals surface area contributed by atoms with Gasteiger partial charge < -0.3 is 10.2 Å². The first-order valence-corrected chi connectivity index (χ1v) is 13.5. The molecule has 4 rings (SSSR count). The van der Waals surface area contributed by atoms with Gasteiger partial charge in [0.25, 0.3) is 0 Å². The molecule has 178 valence electrons. The van der Waals surface area contributed by atoms with Crippen LogP contribution in [0.25, 0.3) is 0 Å². The van der Waals surface area contributed by atoms with E-state index >= 15 is 0 Å². The maximum Gasteiger partial charge on any atom is 0.243 e. The zero-order valence-corrected chi connectivity index (χ0v) is 20.4. The van der Waals surface area contributed by atoms with Gasteiger partial charge in [-0.1, -0.05) is 37.3 Å². The Kier molecular flexibility index (Phi) is 7.39. The average Bonchev–Trinajstić information content (AvgIpc) is 2.85. The topological polar surface area (TPSA) is 69.7 Å². The maximum absolute atomic E-state index is 13.0. The lowest BCUT2D eigenvalue weighted by atomic mass is 9.97. The van der Waals surface area contributed by atoms with Crippen molar-refractivity contribution in [1.82, 2.24) is 9.62 Å². The van der Waals surface area contributed by atoms with Gasteiger partial charge in [-0.25, -0.2) is 8.42 Å². The van der Waals surface area contributed by atoms with Crippen molar-refractivity contribution in [2.45, 2.75) is 50.5 Å². The number of carbonyl (C=O) groups excluding carboxylic acids is 1. The lowest BCUT2D eigenvalue weighted by Crippen LogP contribution is -2.45. The van der Waals surface area contributed by atoms with Crippen LogP contribution in [-0.2, 0) is 14.8 Å². The molecular formula is C26H35N3O3S. The fourth-order valence-corrected chi connectivity index (χ4v) is 6.32. The van der Waals surface area contributed by atoms with E-state index in [9.17, 15) is 13.2 Å². The van der Waals surface area contributed by atoms with Crippen LogP contribution in [0.2, 0.25) is 0 Å². The van der Waals surface area contributed by atoms with Crippen molar-refractivity contribution in [3.05, 3.63) is 60.2 Å². The molecule has 7 heteroatoms. The minimum Gasteiger partial charge on any atom is -0.372 e. The summed E-state index contributed by atoms with van der Waals surface area (Å²) in [5.41, 5.74) is 2.29. The number of rotatable bonds is 6. The fourth-order valence-electron chi connectivity index (χ4n) is 4.77. The molecule has 2 saturated heterocycles. The van der Waals surface area contributed by atoms with Crippen LogP contribution in [0.4, 0.5) is 5.69 Å². The second-order valence-corrected chi connectivity index (χ2v) is 11.4. The highest BCUT2D eigenvalue weighted by Gasteiger charge is 2.33. The number of nitrogens with one attached hydrogen (secondary N) is 1. The first-order chi connectivity index (χ1) is 15.8. The van der Waals surface area contributed by atoms with E-state index in [1.165, 1.54) is 22.8 Å². The van der Waals surface area contributed by atoms with Gasteiger partial charge in [0.15, 0.2) is 0 Å². The van der Waals surface area contributed by atoms with Crippen LogP contribution in [0, 0.1) is 11.8 Å². The zero-order chi connectivity index (χ0) is 23.4. The minimum absolute atomic E-state index is 0.0791. The highest BCUT2D eigenvalue weighted by molar-refractivity contribution is 7.89. The van der Waals surface area contributed by atoms with Crippen molar-refractivity contribution in [3.63, 3.8) is 0 Å². The Morgan fingerprint density at radius 1 is 0.970 bits per heavy atom. The van der Waals surface area contributed by atoms with E-state index in [4.69, 9.17) is 0 Å². The van der Waals surface area contributed by atoms with Crippen molar-refractivity contribution in [1.29, 1.82) is 0 Å². The molecule has 0 aliphatic carbocycles. The molecule has 2 heterocycles. The van der Waals surface area contributed by atoms with E-state index in [-0.39, 0.29) is 29.3 Å². The van der Waals surface area contributed by atoms with Crippen LogP contribution >= 0.6 is 0 Å². The van der Waals surface area contributed by atoms with Crippen LogP contribution in [0.3, 0.4) is 0 Å². The first kappa shape index (κ1) is 23.8. The number of benzene rings is 2. The molecule has 6 nitrogen and oxygen atoms in total. The fraction of sp³-hybridized carbons (Fsp3) is 0.500. The van der Waals surface area contributed by atoms with Crippen LogP contribution in [0.1, 0.15) is 51.1 Å². The molecule has 1 amide bonds. The lowest BCUT2D eigenvalue weighted by molar-refractivity contribution is -0.126. The number of hydrogen-bond acceptors (Lipinski definition) is 4. The van der Waals surface area contributed by atoms with E-state index < -0.39 is 10.0 Å². The highest BCUT2D eigenvalue weighted by atomic mass is 32.2. The van der Waals surface area contributed by atoms with Crippen LogP contribution in [0.5, 0.6) is 0 Å². The second kappa shape index (κ2) is 10.3. The number of sulfonamides is 1. The predicted molar refractivity (Wildman–Crippen MR) is 132 cm³/mol. The standard InChI is InChI=1S/C26H35N3O3S/c1-20-14-17-28(18-15-20)24-12-10-22(11-13-24)21(2)27-26(30)23-7-6-16-29(19-23)33(31,32)25-8-4-3-5-9-25/h3-5,8-13,20-21,23H,6-7,14-19H2,1-2H3,(H,27,30)/t21-,23-/m1/s1. The molecule has 2 aliphatic heterocycles. The van der Waals surface area contributed by atoms with E-state index in [0.29, 0.717) is 19.4 Å². The van der Waals surface area contributed by atoms with E-state index in [1.54, 1.807) is 30.3 Å². The van der Waals surface area contributed by atoms with Crippen molar-refractivity contribution < 1.29 is 13.2 Å². The summed E-state index contributed by atoms with van der Waals surface area (Å²) in [5, 5.41) is 3.11. The van der Waals surface area contributed by atoms with Crippen LogP contribution in [0.15, 0.2) is 59.5 Å². The Morgan fingerprint density at radius 2 is 1.64 bits per heavy atom. The molecule has 2 aromatic rings. The molecule has 33 heavy (non-hydrogen) atoms. The van der Waals surface area contributed by atoms with Gasteiger partial charge in [0, 0.05) is 31.9 Å². The average molecular weight is 470 g/mol. The lowest BCUT2D eigenvalue weighted by Gasteiger charge is -2.32. The summed E-state index contributed by atoms with van der Waals surface area (Å²) in [6.07, 6.45) is 3.84. The molecule has 0 unspecified atom stereocenters. The zero-order valence-electron chi connectivity index (χ0n) is 19.6. The van der Waals surface area contributed by atoms with Crippen molar-refractivity contribution in [2.75, 3.05) is 31.1 Å². The second-order valence-electron chi connectivity index (χ2n) is 9.51. The molecule has 0 saturated carbocycles. The van der Waals surface area contributed by atoms with E-state index in [1.807, 2.05) is 6.92 Å². The molecule has 2 aromatic carbocycles. The van der Waals surface area contributed by atoms with E-state index in [2.05, 4.69) is 41.4 Å². The largest absolute Gasteiger partial charge is 0.372 e. The maximum atomic E-state index is 13.0. The number of anilines is 1. The Labute approximate surface area is 198 Å². The summed E-state index contributed by atoms with van der Waals surface area (Å²) in [6.45, 7) is 7.16. The summed E-state index contributed by atoms with van der Waals surface area (Å²) in [7, 11) is -3.58. The first-order valence-electron chi connectivity index (χ1n) is 12.0. The molecule has 2 atom stereocenters. The minimum atomic E-state index is -3.58. The van der Waals surface area contributed by atoms with Crippen molar-refractivity contribution in [3.8, 4) is 0 Å². The Morgan fingerprint density at radius 3 is 2.30 bits per heavy atom. The highest BCUT2D eigenvalue weighted by Crippen LogP contribution is 2.26. The smallest absolute Gasteiger partial charge is 0.243 e. The molecule has 0 radical (unpaired) electrons. The normalized spacial score (nSPS) is 21.5. The third-order valence-electron chi connectivity index (χ3n) is 7.04. The van der Waals surface area contributed by atoms with Gasteiger partial charge in [-0.15, -0.1) is 0 Å². The Bertz CT molecular complexity index is 1030. The Balaban J connectivity index is 1.35. The van der Waals surface area contributed by atoms with Crippen LogP contribution in [-0.4, -0.2) is 44.8 Å². The van der Waals surface area contributed by atoms with Gasteiger partial charge in [0.2, 0.25) is 15.9 Å². The van der Waals surface area contributed by atoms with Gasteiger partial charge >= 0.3 is 0 Å². The van der Waals surface area contributed by atoms with Gasteiger partial charge in [-0.05, 0) is 68.4 Å². The molecule has 0 spiro atoms. The predicted octanol–water partition coefficient (Wildman–Crippen LogP) is 4.20. The molecular weight excluding hydrogens is 434 g/mol. The van der Waals surface area contributed by atoms with Crippen molar-refractivity contribution >= 4 is 21.6 Å². The quantitative estimate of drug-likeness (QED) is 0.688. The van der Waals surface area contributed by atoms with Gasteiger partial charge in [0.05, 0.1) is 16.9 Å². The van der Waals surface area contributed by atoms with Crippen LogP contribution < -0.4 is 10.2 Å². The van der Waals surface area contributed by atoms with Crippen molar-refractivity contribution in [2.24, 2.45) is 11.8 Å². The molecule has 0 aromatic heterocycles. The third kappa shape index (κ3) is 5.58. The molecule has 2 aliphatic rings. The summed E-state index contributed by atoms with van der Waals surface area (Å²) in [5.74, 6) is 0.382. The number of amides is 1. The Hall–Kier alpha value is -2.38. The summed E-state index contributed by atoms with van der Waals surface area (Å²) in [4.78, 5) is 15.7. The number of carbonyl (C=O) groups is 1. The monoisotopic (exact) mass is 469 g/mol. The third-order valence-corrected chi connectivity index (χ3v) is 8.92. The summed E-state index contributed by atoms with van der Waals surface area (Å²) >= 11 is 0. The molecule has 1 N–H and O–H groups in total. The summed E-state index contributed by atoms with van der Waals surface area (Å²) in [6, 6.07) is 16.8. The molecule has 0 bridgehead atoms. The van der Waals surface area contributed by atoms with Gasteiger partial charge in [-0.2, -0.15) is 4.31 Å². The number of hydrogen-bond donors (Lipinski definition) is 1. The van der Waals surface area contributed by atoms with E-state index in [0.717, 1.165) is 24.6 Å². The number of piperidine rings is 2. The van der Waals surface area contributed by atoms with Gasteiger partial charge in [0.1, 0.15) is 0 Å².